The van der Waals surface area contributed by atoms with Crippen LogP contribution in [0.4, 0.5) is 0 Å². The first-order chi connectivity index (χ1) is 5.81. The molecule has 0 atom stereocenters. The first kappa shape index (κ1) is 10.8. The third-order valence-corrected chi connectivity index (χ3v) is 2.08. The maximum atomic E-state index is 5.49. The van der Waals surface area contributed by atoms with Crippen LogP contribution in [0.15, 0.2) is 24.3 Å². The van der Waals surface area contributed by atoms with Gasteiger partial charge in [-0.15, -0.1) is 0 Å². The van der Waals surface area contributed by atoms with Crippen LogP contribution in [0.5, 0.6) is 0 Å². The standard InChI is InChI=1S/C10H11O2.Li/c1-10(11-7-8-12-10)9-5-3-2-4-6-9;/h3-6H,7-8H2,1H3;/q-1;+1. The molecule has 1 fully saturated rings. The molecule has 2 nitrogen and oxygen atoms in total. The molecule has 1 aliphatic rings. The van der Waals surface area contributed by atoms with E-state index in [9.17, 15) is 0 Å². The maximum Gasteiger partial charge on any atom is 1.00 e. The van der Waals surface area contributed by atoms with Gasteiger partial charge in [0.05, 0.1) is 13.2 Å². The number of hydrogen-bond acceptors (Lipinski definition) is 2. The van der Waals surface area contributed by atoms with Crippen LogP contribution in [0, 0.1) is 6.07 Å². The first-order valence-corrected chi connectivity index (χ1v) is 4.06. The summed E-state index contributed by atoms with van der Waals surface area (Å²) in [7, 11) is 0. The average molecular weight is 170 g/mol. The summed E-state index contributed by atoms with van der Waals surface area (Å²) < 4.78 is 11.0. The van der Waals surface area contributed by atoms with E-state index in [1.807, 2.05) is 31.2 Å². The van der Waals surface area contributed by atoms with Gasteiger partial charge in [0.25, 0.3) is 0 Å². The SMILES string of the molecule is CC1(c2cc[c-]cc2)OCCO1.[Li+]. The molecule has 0 spiro atoms. The van der Waals surface area contributed by atoms with Crippen molar-refractivity contribution in [2.75, 3.05) is 13.2 Å². The minimum Gasteiger partial charge on any atom is -0.346 e. The summed E-state index contributed by atoms with van der Waals surface area (Å²) in [5.41, 5.74) is 1.05. The second-order valence-electron chi connectivity index (χ2n) is 2.93. The van der Waals surface area contributed by atoms with E-state index in [4.69, 9.17) is 9.47 Å². The summed E-state index contributed by atoms with van der Waals surface area (Å²) in [5.74, 6) is -0.533. The summed E-state index contributed by atoms with van der Waals surface area (Å²) in [4.78, 5) is 0. The van der Waals surface area contributed by atoms with Crippen LogP contribution in [0.3, 0.4) is 0 Å². The van der Waals surface area contributed by atoms with E-state index in [1.54, 1.807) is 0 Å². The summed E-state index contributed by atoms with van der Waals surface area (Å²) in [6.45, 7) is 3.29. The van der Waals surface area contributed by atoms with Crippen LogP contribution >= 0.6 is 0 Å². The van der Waals surface area contributed by atoms with E-state index < -0.39 is 5.79 Å². The average Bonchev–Trinajstić information content (AvgIpc) is 2.55. The minimum atomic E-state index is -0.533. The van der Waals surface area contributed by atoms with E-state index in [0.29, 0.717) is 13.2 Å². The first-order valence-electron chi connectivity index (χ1n) is 4.06. The molecule has 3 heteroatoms. The molecule has 1 heterocycles. The molecule has 13 heavy (non-hydrogen) atoms. The Morgan fingerprint density at radius 3 is 2.31 bits per heavy atom. The Kier molecular flexibility index (Phi) is 3.58. The molecule has 1 saturated heterocycles. The molecule has 0 aromatic heterocycles. The predicted molar refractivity (Wildman–Crippen MR) is 44.5 cm³/mol. The third kappa shape index (κ3) is 2.15. The van der Waals surface area contributed by atoms with E-state index in [1.165, 1.54) is 0 Å². The van der Waals surface area contributed by atoms with Crippen LogP contribution in [-0.2, 0) is 15.3 Å². The van der Waals surface area contributed by atoms with Crippen molar-refractivity contribution in [3.63, 3.8) is 0 Å². The molecule has 0 saturated carbocycles. The van der Waals surface area contributed by atoms with Crippen molar-refractivity contribution in [3.05, 3.63) is 35.9 Å². The molecule has 2 rings (SSSR count). The zero-order valence-electron chi connectivity index (χ0n) is 8.04. The van der Waals surface area contributed by atoms with Gasteiger partial charge in [-0.3, -0.25) is 0 Å². The van der Waals surface area contributed by atoms with Gasteiger partial charge in [-0.1, -0.05) is 5.56 Å². The molecule has 0 radical (unpaired) electrons. The Labute approximate surface area is 90.4 Å². The second kappa shape index (κ2) is 4.30. The number of hydrogen-bond donors (Lipinski definition) is 0. The third-order valence-electron chi connectivity index (χ3n) is 2.08. The minimum absolute atomic E-state index is 0. The van der Waals surface area contributed by atoms with Crippen molar-refractivity contribution in [2.45, 2.75) is 12.7 Å². The van der Waals surface area contributed by atoms with Crippen LogP contribution in [-0.4, -0.2) is 13.2 Å². The number of rotatable bonds is 1. The van der Waals surface area contributed by atoms with Gasteiger partial charge in [0.2, 0.25) is 0 Å². The maximum absolute atomic E-state index is 5.49. The Hall–Kier alpha value is -0.263. The Morgan fingerprint density at radius 2 is 1.77 bits per heavy atom. The molecule has 0 unspecified atom stereocenters. The molecule has 1 aliphatic heterocycles. The van der Waals surface area contributed by atoms with Crippen molar-refractivity contribution in [1.29, 1.82) is 0 Å². The van der Waals surface area contributed by atoms with Gasteiger partial charge in [-0.25, -0.2) is 0 Å². The molecular formula is C10H11LiO2. The van der Waals surface area contributed by atoms with Crippen molar-refractivity contribution < 1.29 is 28.3 Å². The monoisotopic (exact) mass is 170 g/mol. The van der Waals surface area contributed by atoms with Crippen LogP contribution in [0.1, 0.15) is 12.5 Å². The molecule has 1 aromatic carbocycles. The molecule has 64 valence electrons. The fraction of sp³-hybridized carbons (Fsp3) is 0.400. The Balaban J connectivity index is 0.000000845. The fourth-order valence-electron chi connectivity index (χ4n) is 1.37. The van der Waals surface area contributed by atoms with E-state index >= 15 is 0 Å². The van der Waals surface area contributed by atoms with Crippen molar-refractivity contribution >= 4 is 0 Å². The Bertz CT molecular complexity index is 255. The number of ether oxygens (including phenoxy) is 2. The van der Waals surface area contributed by atoms with E-state index in [0.717, 1.165) is 5.56 Å². The number of benzene rings is 1. The second-order valence-corrected chi connectivity index (χ2v) is 2.93. The Morgan fingerprint density at radius 1 is 1.23 bits per heavy atom. The summed E-state index contributed by atoms with van der Waals surface area (Å²) >= 11 is 0. The van der Waals surface area contributed by atoms with E-state index in [-0.39, 0.29) is 18.9 Å². The largest absolute Gasteiger partial charge is 1.00 e. The van der Waals surface area contributed by atoms with Crippen LogP contribution in [0.25, 0.3) is 0 Å². The van der Waals surface area contributed by atoms with Gasteiger partial charge in [0.15, 0.2) is 5.79 Å². The van der Waals surface area contributed by atoms with Gasteiger partial charge < -0.3 is 9.47 Å². The van der Waals surface area contributed by atoms with Crippen molar-refractivity contribution in [2.24, 2.45) is 0 Å². The molecule has 0 aliphatic carbocycles. The van der Waals surface area contributed by atoms with Gasteiger partial charge in [0.1, 0.15) is 0 Å². The molecule has 1 aromatic rings. The summed E-state index contributed by atoms with van der Waals surface area (Å²) in [5, 5.41) is 0. The van der Waals surface area contributed by atoms with Crippen LogP contribution in [0.2, 0.25) is 0 Å². The van der Waals surface area contributed by atoms with Gasteiger partial charge in [-0.05, 0) is 6.92 Å². The predicted octanol–water partition coefficient (Wildman–Crippen LogP) is -1.29. The van der Waals surface area contributed by atoms with Crippen LogP contribution < -0.4 is 18.9 Å². The molecule has 0 bridgehead atoms. The van der Waals surface area contributed by atoms with E-state index in [2.05, 4.69) is 6.07 Å². The van der Waals surface area contributed by atoms with Gasteiger partial charge in [0, 0.05) is 0 Å². The fourth-order valence-corrected chi connectivity index (χ4v) is 1.37. The summed E-state index contributed by atoms with van der Waals surface area (Å²) in [6.07, 6.45) is 0. The topological polar surface area (TPSA) is 18.5 Å². The zero-order valence-corrected chi connectivity index (χ0v) is 8.04. The molecule has 0 N–H and O–H groups in total. The normalized spacial score (nSPS) is 19.5. The van der Waals surface area contributed by atoms with Crippen molar-refractivity contribution in [1.82, 2.24) is 0 Å². The smallest absolute Gasteiger partial charge is 0.346 e. The zero-order chi connectivity index (χ0) is 8.44. The molecule has 0 amide bonds. The quantitative estimate of drug-likeness (QED) is 0.385. The molecular weight excluding hydrogens is 159 g/mol. The van der Waals surface area contributed by atoms with Gasteiger partial charge in [-0.2, -0.15) is 30.3 Å². The van der Waals surface area contributed by atoms with Gasteiger partial charge >= 0.3 is 18.9 Å². The summed E-state index contributed by atoms with van der Waals surface area (Å²) in [6, 6.07) is 10.6. The van der Waals surface area contributed by atoms with Crippen molar-refractivity contribution in [3.8, 4) is 0 Å².